The number of amides is 2. The predicted octanol–water partition coefficient (Wildman–Crippen LogP) is 2.63. The lowest BCUT2D eigenvalue weighted by Gasteiger charge is -2.16. The summed E-state index contributed by atoms with van der Waals surface area (Å²) >= 11 is 5.84. The van der Waals surface area contributed by atoms with Crippen LogP contribution < -0.4 is 0 Å². The molecule has 0 spiro atoms. The molecule has 7 heteroatoms. The number of imide groups is 1. The zero-order valence-electron chi connectivity index (χ0n) is 11.4. The van der Waals surface area contributed by atoms with Crippen molar-refractivity contribution in [3.8, 4) is 0 Å². The molecule has 0 atom stereocenters. The molecule has 0 radical (unpaired) electrons. The first-order chi connectivity index (χ1) is 10.3. The third-order valence-corrected chi connectivity index (χ3v) is 5.47. The first-order valence-electron chi connectivity index (χ1n) is 6.33. The number of halogens is 1. The van der Waals surface area contributed by atoms with Gasteiger partial charge in [-0.25, -0.2) is 8.42 Å². The molecule has 1 aliphatic rings. The van der Waals surface area contributed by atoms with E-state index in [4.69, 9.17) is 11.6 Å². The van der Waals surface area contributed by atoms with E-state index in [0.29, 0.717) is 9.87 Å². The highest BCUT2D eigenvalue weighted by atomic mass is 35.5. The molecule has 112 valence electrons. The van der Waals surface area contributed by atoms with Crippen molar-refractivity contribution in [2.45, 2.75) is 11.8 Å². The third-order valence-electron chi connectivity index (χ3n) is 3.43. The van der Waals surface area contributed by atoms with Gasteiger partial charge >= 0.3 is 0 Å². The van der Waals surface area contributed by atoms with Crippen molar-refractivity contribution >= 4 is 33.4 Å². The van der Waals surface area contributed by atoms with Crippen LogP contribution in [-0.4, -0.2) is 24.5 Å². The molecule has 0 unspecified atom stereocenters. The van der Waals surface area contributed by atoms with Gasteiger partial charge in [0.2, 0.25) is 0 Å². The minimum Gasteiger partial charge on any atom is -0.267 e. The second-order valence-corrected chi connectivity index (χ2v) is 7.03. The lowest BCUT2D eigenvalue weighted by molar-refractivity contribution is 0.0765. The maximum Gasteiger partial charge on any atom is 0.275 e. The van der Waals surface area contributed by atoms with Crippen LogP contribution >= 0.6 is 11.6 Å². The van der Waals surface area contributed by atoms with E-state index in [1.165, 1.54) is 30.3 Å². The van der Waals surface area contributed by atoms with Crippen molar-refractivity contribution in [2.75, 3.05) is 0 Å². The third kappa shape index (κ3) is 2.03. The van der Waals surface area contributed by atoms with Crippen LogP contribution in [-0.2, 0) is 10.0 Å². The van der Waals surface area contributed by atoms with Gasteiger partial charge in [0.25, 0.3) is 21.8 Å². The van der Waals surface area contributed by atoms with Gasteiger partial charge in [-0.1, -0.05) is 29.8 Å². The van der Waals surface area contributed by atoms with Gasteiger partial charge in [0.05, 0.1) is 16.0 Å². The second kappa shape index (κ2) is 4.93. The molecule has 22 heavy (non-hydrogen) atoms. The lowest BCUT2D eigenvalue weighted by atomic mass is 10.1. The molecule has 0 aromatic heterocycles. The molecule has 0 saturated carbocycles. The van der Waals surface area contributed by atoms with Gasteiger partial charge in [0.1, 0.15) is 0 Å². The average Bonchev–Trinajstić information content (AvgIpc) is 2.74. The van der Waals surface area contributed by atoms with E-state index in [-0.39, 0.29) is 21.0 Å². The van der Waals surface area contributed by atoms with Crippen LogP contribution in [0.3, 0.4) is 0 Å². The predicted molar refractivity (Wildman–Crippen MR) is 80.3 cm³/mol. The van der Waals surface area contributed by atoms with E-state index < -0.39 is 21.8 Å². The van der Waals surface area contributed by atoms with Crippen LogP contribution in [0.15, 0.2) is 47.4 Å². The summed E-state index contributed by atoms with van der Waals surface area (Å²) in [4.78, 5) is 24.5. The Balaban J connectivity index is 2.18. The largest absolute Gasteiger partial charge is 0.275 e. The number of hydrogen-bond acceptors (Lipinski definition) is 4. The van der Waals surface area contributed by atoms with Crippen LogP contribution in [0, 0.1) is 6.92 Å². The topological polar surface area (TPSA) is 71.5 Å². The van der Waals surface area contributed by atoms with Crippen molar-refractivity contribution < 1.29 is 18.0 Å². The highest BCUT2D eigenvalue weighted by Gasteiger charge is 2.44. The van der Waals surface area contributed by atoms with Crippen LogP contribution in [0.5, 0.6) is 0 Å². The number of sulfonamides is 1. The van der Waals surface area contributed by atoms with Crippen LogP contribution in [0.25, 0.3) is 0 Å². The van der Waals surface area contributed by atoms with E-state index in [2.05, 4.69) is 0 Å². The lowest BCUT2D eigenvalue weighted by Crippen LogP contribution is -2.36. The normalized spacial score (nSPS) is 14.4. The highest BCUT2D eigenvalue weighted by molar-refractivity contribution is 7.90. The highest BCUT2D eigenvalue weighted by Crippen LogP contribution is 2.30. The molecule has 0 bridgehead atoms. The van der Waals surface area contributed by atoms with Gasteiger partial charge < -0.3 is 0 Å². The summed E-state index contributed by atoms with van der Waals surface area (Å²) in [6.45, 7) is 1.57. The standard InChI is InChI=1S/C15H10ClNO4S/c1-9-6-7-10(16)8-13(9)22(20,21)17-14(18)11-4-2-3-5-12(11)15(17)19/h2-8H,1H3. The van der Waals surface area contributed by atoms with Crippen LogP contribution in [0.2, 0.25) is 5.02 Å². The van der Waals surface area contributed by atoms with Gasteiger partial charge in [-0.05, 0) is 36.8 Å². The summed E-state index contributed by atoms with van der Waals surface area (Å²) in [5.41, 5.74) is 0.562. The number of carbonyl (C=O) groups excluding carboxylic acids is 2. The molecular weight excluding hydrogens is 326 g/mol. The maximum absolute atomic E-state index is 12.7. The van der Waals surface area contributed by atoms with Crippen molar-refractivity contribution in [2.24, 2.45) is 0 Å². The molecule has 2 aromatic rings. The van der Waals surface area contributed by atoms with E-state index in [9.17, 15) is 18.0 Å². The van der Waals surface area contributed by atoms with Crippen molar-refractivity contribution in [3.05, 3.63) is 64.2 Å². The number of hydrogen-bond donors (Lipinski definition) is 0. The Hall–Kier alpha value is -2.18. The number of carbonyl (C=O) groups is 2. The van der Waals surface area contributed by atoms with Crippen molar-refractivity contribution in [1.29, 1.82) is 0 Å². The smallest absolute Gasteiger partial charge is 0.267 e. The SMILES string of the molecule is Cc1ccc(Cl)cc1S(=O)(=O)N1C(=O)c2ccccc2C1=O. The second-order valence-electron chi connectivity index (χ2n) is 4.84. The van der Waals surface area contributed by atoms with Crippen molar-refractivity contribution in [3.63, 3.8) is 0 Å². The quantitative estimate of drug-likeness (QED) is 0.791. The fourth-order valence-electron chi connectivity index (χ4n) is 2.34. The number of benzene rings is 2. The van der Waals surface area contributed by atoms with Gasteiger partial charge in [-0.15, -0.1) is 0 Å². The van der Waals surface area contributed by atoms with E-state index in [0.717, 1.165) is 0 Å². The molecule has 0 aliphatic carbocycles. The van der Waals surface area contributed by atoms with E-state index in [1.807, 2.05) is 0 Å². The Labute approximate surface area is 132 Å². The van der Waals surface area contributed by atoms with Gasteiger partial charge in [-0.2, -0.15) is 4.31 Å². The Kier molecular flexibility index (Phi) is 3.30. The molecule has 5 nitrogen and oxygen atoms in total. The number of fused-ring (bicyclic) bond motifs is 1. The summed E-state index contributed by atoms with van der Waals surface area (Å²) < 4.78 is 25.7. The van der Waals surface area contributed by atoms with Gasteiger partial charge in [-0.3, -0.25) is 9.59 Å². The zero-order chi connectivity index (χ0) is 16.1. The summed E-state index contributed by atoms with van der Waals surface area (Å²) in [5, 5.41) is 0.209. The fourth-order valence-corrected chi connectivity index (χ4v) is 4.15. The molecule has 0 fully saturated rings. The summed E-state index contributed by atoms with van der Waals surface area (Å²) in [5.74, 6) is -1.69. The average molecular weight is 336 g/mol. The minimum absolute atomic E-state index is 0.0794. The number of aryl methyl sites for hydroxylation is 1. The van der Waals surface area contributed by atoms with Crippen molar-refractivity contribution in [1.82, 2.24) is 4.31 Å². The number of rotatable bonds is 2. The van der Waals surface area contributed by atoms with Gasteiger partial charge in [0, 0.05) is 5.02 Å². The summed E-state index contributed by atoms with van der Waals surface area (Å²) in [7, 11) is -4.31. The molecule has 0 saturated heterocycles. The van der Waals surface area contributed by atoms with E-state index >= 15 is 0 Å². The van der Waals surface area contributed by atoms with Gasteiger partial charge in [0.15, 0.2) is 0 Å². The molecule has 0 N–H and O–H groups in total. The van der Waals surface area contributed by atoms with E-state index in [1.54, 1.807) is 19.1 Å². The molecule has 1 aliphatic heterocycles. The maximum atomic E-state index is 12.7. The molecular formula is C15H10ClNO4S. The Morgan fingerprint density at radius 3 is 2.05 bits per heavy atom. The zero-order valence-corrected chi connectivity index (χ0v) is 13.0. The fraction of sp³-hybridized carbons (Fsp3) is 0.0667. The monoisotopic (exact) mass is 335 g/mol. The number of nitrogens with zero attached hydrogens (tertiary/aromatic N) is 1. The molecule has 2 aromatic carbocycles. The van der Waals surface area contributed by atoms with Crippen LogP contribution in [0.1, 0.15) is 26.3 Å². The Morgan fingerprint density at radius 1 is 0.955 bits per heavy atom. The minimum atomic E-state index is -4.31. The summed E-state index contributed by atoms with van der Waals surface area (Å²) in [6, 6.07) is 10.3. The molecule has 1 heterocycles. The molecule has 2 amide bonds. The Bertz CT molecular complexity index is 886. The first kappa shape index (κ1) is 14.7. The first-order valence-corrected chi connectivity index (χ1v) is 8.15. The molecule has 3 rings (SSSR count). The summed E-state index contributed by atoms with van der Waals surface area (Å²) in [6.07, 6.45) is 0. The van der Waals surface area contributed by atoms with Crippen LogP contribution in [0.4, 0.5) is 0 Å². The Morgan fingerprint density at radius 2 is 1.50 bits per heavy atom.